The molecule has 4 nitrogen and oxygen atoms in total. The number of benzene rings is 1. The van der Waals surface area contributed by atoms with Crippen molar-refractivity contribution in [1.82, 2.24) is 0 Å². The van der Waals surface area contributed by atoms with Gasteiger partial charge in [-0.05, 0) is 36.5 Å². The number of carbonyl (C=O) groups is 1. The highest BCUT2D eigenvalue weighted by Crippen LogP contribution is 2.50. The lowest BCUT2D eigenvalue weighted by molar-refractivity contribution is -0.141. The topological polar surface area (TPSA) is 60.4 Å². The summed E-state index contributed by atoms with van der Waals surface area (Å²) in [5, 5.41) is 0.289. The van der Waals surface area contributed by atoms with E-state index < -0.39 is 32.8 Å². The molecule has 0 unspecified atom stereocenters. The van der Waals surface area contributed by atoms with Crippen molar-refractivity contribution >= 4 is 27.4 Å². The Bertz CT molecular complexity index is 653. The summed E-state index contributed by atoms with van der Waals surface area (Å²) in [4.78, 5) is 11.3. The van der Waals surface area contributed by atoms with Gasteiger partial charge >= 0.3 is 5.97 Å². The van der Waals surface area contributed by atoms with E-state index in [1.165, 1.54) is 19.2 Å². The predicted octanol–water partition coefficient (Wildman–Crippen LogP) is 2.74. The van der Waals surface area contributed by atoms with Crippen molar-refractivity contribution in [3.05, 3.63) is 34.6 Å². The molecule has 0 radical (unpaired) electrons. The van der Waals surface area contributed by atoms with Crippen molar-refractivity contribution in [2.75, 3.05) is 12.9 Å². The molecule has 0 aliphatic heterocycles. The van der Waals surface area contributed by atoms with Crippen molar-refractivity contribution in [3.63, 3.8) is 0 Å². The number of rotatable bonds is 6. The van der Waals surface area contributed by atoms with Crippen LogP contribution >= 0.6 is 11.6 Å². The quantitative estimate of drug-likeness (QED) is 0.750. The Morgan fingerprint density at radius 1 is 1.43 bits per heavy atom. The smallest absolute Gasteiger partial charge is 0.306 e. The third-order valence-electron chi connectivity index (χ3n) is 3.61. The maximum absolute atomic E-state index is 13.6. The van der Waals surface area contributed by atoms with E-state index in [0.717, 1.165) is 6.07 Å². The molecule has 116 valence electrons. The minimum absolute atomic E-state index is 0.0522. The molecule has 0 atom stereocenters. The summed E-state index contributed by atoms with van der Waals surface area (Å²) in [6.45, 7) is 0. The number of hydrogen-bond acceptors (Lipinski definition) is 4. The minimum Gasteiger partial charge on any atom is -0.469 e. The summed E-state index contributed by atoms with van der Waals surface area (Å²) in [5.74, 6) is -1.57. The molecule has 0 aromatic heterocycles. The lowest BCUT2D eigenvalue weighted by atomic mass is 10.1. The molecule has 2 rings (SSSR count). The Labute approximate surface area is 128 Å². The van der Waals surface area contributed by atoms with Crippen LogP contribution in [0.4, 0.5) is 4.39 Å². The molecule has 0 amide bonds. The van der Waals surface area contributed by atoms with Gasteiger partial charge in [0.2, 0.25) is 0 Å². The fourth-order valence-electron chi connectivity index (χ4n) is 2.34. The molecule has 0 bridgehead atoms. The van der Waals surface area contributed by atoms with E-state index in [4.69, 9.17) is 11.6 Å². The van der Waals surface area contributed by atoms with Crippen LogP contribution < -0.4 is 0 Å². The zero-order valence-corrected chi connectivity index (χ0v) is 13.1. The van der Waals surface area contributed by atoms with E-state index >= 15 is 0 Å². The highest BCUT2D eigenvalue weighted by Gasteiger charge is 2.47. The first-order valence-corrected chi connectivity index (χ1v) is 8.66. The molecule has 0 N–H and O–H groups in total. The van der Waals surface area contributed by atoms with E-state index in [0.29, 0.717) is 12.8 Å². The van der Waals surface area contributed by atoms with Gasteiger partial charge in [-0.15, -0.1) is 0 Å². The van der Waals surface area contributed by atoms with E-state index in [1.54, 1.807) is 0 Å². The van der Waals surface area contributed by atoms with Gasteiger partial charge < -0.3 is 4.74 Å². The molecule has 7 heteroatoms. The average Bonchev–Trinajstić information content (AvgIpc) is 3.11. The molecule has 1 aromatic rings. The molecule has 1 saturated carbocycles. The lowest BCUT2D eigenvalue weighted by Crippen LogP contribution is -2.22. The summed E-state index contributed by atoms with van der Waals surface area (Å²) < 4.78 is 42.7. The van der Waals surface area contributed by atoms with Gasteiger partial charge in [0.1, 0.15) is 5.82 Å². The Hall–Kier alpha value is -1.14. The van der Waals surface area contributed by atoms with Crippen molar-refractivity contribution in [1.29, 1.82) is 0 Å². The second kappa shape index (κ2) is 5.93. The molecule has 0 saturated heterocycles. The van der Waals surface area contributed by atoms with Gasteiger partial charge in [-0.3, -0.25) is 4.79 Å². The molecular weight excluding hydrogens is 319 g/mol. The number of ether oxygens (including phenoxy) is 1. The third kappa shape index (κ3) is 4.41. The second-order valence-corrected chi connectivity index (χ2v) is 8.02. The van der Waals surface area contributed by atoms with E-state index in [1.807, 2.05) is 0 Å². The molecule has 0 heterocycles. The fraction of sp³-hybridized carbons (Fsp3) is 0.500. The van der Waals surface area contributed by atoms with Crippen LogP contribution in [0.15, 0.2) is 18.2 Å². The number of methoxy groups -OCH3 is 1. The Morgan fingerprint density at radius 3 is 2.67 bits per heavy atom. The van der Waals surface area contributed by atoms with Crippen molar-refractivity contribution in [2.24, 2.45) is 5.41 Å². The third-order valence-corrected chi connectivity index (χ3v) is 5.65. The molecule has 1 aliphatic carbocycles. The normalized spacial score (nSPS) is 16.5. The molecule has 0 spiro atoms. The van der Waals surface area contributed by atoms with Crippen molar-refractivity contribution < 1.29 is 22.3 Å². The molecule has 1 fully saturated rings. The van der Waals surface area contributed by atoms with Crippen LogP contribution in [0.1, 0.15) is 24.8 Å². The lowest BCUT2D eigenvalue weighted by Gasteiger charge is -2.14. The molecule has 1 aliphatic rings. The second-order valence-electron chi connectivity index (χ2n) is 5.52. The number of esters is 1. The van der Waals surface area contributed by atoms with Gasteiger partial charge in [0.25, 0.3) is 0 Å². The predicted molar refractivity (Wildman–Crippen MR) is 77.2 cm³/mol. The van der Waals surface area contributed by atoms with E-state index in [2.05, 4.69) is 4.74 Å². The molecular formula is C14H16ClFO4S. The van der Waals surface area contributed by atoms with Gasteiger partial charge in [-0.1, -0.05) is 11.6 Å². The molecule has 1 aromatic carbocycles. The first kappa shape index (κ1) is 16.2. The van der Waals surface area contributed by atoms with Crippen LogP contribution in [0, 0.1) is 11.2 Å². The zero-order valence-electron chi connectivity index (χ0n) is 11.6. The van der Waals surface area contributed by atoms with E-state index in [-0.39, 0.29) is 22.8 Å². The van der Waals surface area contributed by atoms with Gasteiger partial charge in [-0.25, -0.2) is 12.8 Å². The fourth-order valence-corrected chi connectivity index (χ4v) is 4.65. The van der Waals surface area contributed by atoms with Gasteiger partial charge in [0, 0.05) is 10.6 Å². The Balaban J connectivity index is 2.09. The van der Waals surface area contributed by atoms with Crippen LogP contribution in [0.2, 0.25) is 5.02 Å². The van der Waals surface area contributed by atoms with Crippen LogP contribution in [0.5, 0.6) is 0 Å². The zero-order chi connectivity index (χ0) is 15.7. The van der Waals surface area contributed by atoms with Gasteiger partial charge in [0.05, 0.1) is 25.0 Å². The maximum atomic E-state index is 13.6. The largest absolute Gasteiger partial charge is 0.469 e. The standard InChI is InChI=1S/C14H16ClFO4S/c1-20-13(17)7-14(4-5-14)9-21(18,19)8-10-6-11(15)2-3-12(10)16/h2-3,6H,4-5,7-9H2,1H3. The number of hydrogen-bond donors (Lipinski definition) is 0. The summed E-state index contributed by atoms with van der Waals surface area (Å²) in [7, 11) is -2.26. The molecule has 21 heavy (non-hydrogen) atoms. The highest BCUT2D eigenvalue weighted by molar-refractivity contribution is 7.90. The number of sulfone groups is 1. The average molecular weight is 335 g/mol. The maximum Gasteiger partial charge on any atom is 0.306 e. The minimum atomic E-state index is -3.53. The summed E-state index contributed by atoms with van der Waals surface area (Å²) >= 11 is 5.76. The van der Waals surface area contributed by atoms with Crippen LogP contribution in [-0.2, 0) is 25.1 Å². The summed E-state index contributed by atoms with van der Waals surface area (Å²) in [6, 6.07) is 3.83. The van der Waals surface area contributed by atoms with Gasteiger partial charge in [0.15, 0.2) is 9.84 Å². The number of carbonyl (C=O) groups excluding carboxylic acids is 1. The van der Waals surface area contributed by atoms with Crippen molar-refractivity contribution in [2.45, 2.75) is 25.0 Å². The monoisotopic (exact) mass is 334 g/mol. The Kier molecular flexibility index (Phi) is 4.58. The van der Waals surface area contributed by atoms with Crippen LogP contribution in [0.25, 0.3) is 0 Å². The summed E-state index contributed by atoms with van der Waals surface area (Å²) in [6.07, 6.45) is 1.42. The van der Waals surface area contributed by atoms with Crippen LogP contribution in [-0.4, -0.2) is 27.2 Å². The number of halogens is 2. The summed E-state index contributed by atoms with van der Waals surface area (Å²) in [5.41, 5.74) is -0.489. The van der Waals surface area contributed by atoms with Crippen molar-refractivity contribution in [3.8, 4) is 0 Å². The first-order valence-electron chi connectivity index (χ1n) is 6.46. The Morgan fingerprint density at radius 2 is 2.10 bits per heavy atom. The van der Waals surface area contributed by atoms with Crippen LogP contribution in [0.3, 0.4) is 0 Å². The first-order chi connectivity index (χ1) is 9.75. The van der Waals surface area contributed by atoms with Gasteiger partial charge in [-0.2, -0.15) is 0 Å². The van der Waals surface area contributed by atoms with E-state index in [9.17, 15) is 17.6 Å². The SMILES string of the molecule is COC(=O)CC1(CS(=O)(=O)Cc2cc(Cl)ccc2F)CC1. The highest BCUT2D eigenvalue weighted by atomic mass is 35.5.